The molecule has 0 spiro atoms. The van der Waals surface area contributed by atoms with Crippen molar-refractivity contribution in [2.75, 3.05) is 40.4 Å². The number of nitrogens with two attached hydrogens (primary N) is 1. The topological polar surface area (TPSA) is 72.1 Å². The van der Waals surface area contributed by atoms with Gasteiger partial charge in [0, 0.05) is 6.54 Å². The van der Waals surface area contributed by atoms with Crippen molar-refractivity contribution in [2.45, 2.75) is 32.2 Å². The summed E-state index contributed by atoms with van der Waals surface area (Å²) in [6.07, 6.45) is 3.33. The molecule has 30 heavy (non-hydrogen) atoms. The summed E-state index contributed by atoms with van der Waals surface area (Å²) >= 11 is 0. The van der Waals surface area contributed by atoms with E-state index in [9.17, 15) is 0 Å². The second-order valence-corrected chi connectivity index (χ2v) is 7.76. The Morgan fingerprint density at radius 2 is 1.77 bits per heavy atom. The normalized spacial score (nSPS) is 15.8. The average molecular weight is 411 g/mol. The largest absolute Gasteiger partial charge is 0.493 e. The van der Waals surface area contributed by atoms with Crippen molar-refractivity contribution >= 4 is 5.96 Å². The van der Waals surface area contributed by atoms with Crippen LogP contribution in [0.25, 0.3) is 0 Å². The van der Waals surface area contributed by atoms with E-state index in [1.165, 1.54) is 24.0 Å². The fourth-order valence-corrected chi connectivity index (χ4v) is 3.89. The fraction of sp³-hybridized carbons (Fsp3) is 0.458. The van der Waals surface area contributed by atoms with Gasteiger partial charge in [-0.1, -0.05) is 35.9 Å². The second kappa shape index (κ2) is 10.9. The van der Waals surface area contributed by atoms with Crippen molar-refractivity contribution < 1.29 is 9.47 Å². The highest BCUT2D eigenvalue weighted by Gasteiger charge is 2.23. The van der Waals surface area contributed by atoms with Crippen molar-refractivity contribution in [1.82, 2.24) is 10.2 Å². The Kier molecular flexibility index (Phi) is 7.97. The van der Waals surface area contributed by atoms with Crippen LogP contribution in [-0.2, 0) is 6.42 Å². The van der Waals surface area contributed by atoms with Gasteiger partial charge in [-0.3, -0.25) is 9.89 Å². The number of likely N-dealkylation sites (tertiary alicyclic amines) is 1. The highest BCUT2D eigenvalue weighted by atomic mass is 16.5. The van der Waals surface area contributed by atoms with E-state index in [-0.39, 0.29) is 6.04 Å². The van der Waals surface area contributed by atoms with Gasteiger partial charge in [-0.15, -0.1) is 0 Å². The van der Waals surface area contributed by atoms with E-state index in [2.05, 4.69) is 46.4 Å². The first-order valence-electron chi connectivity index (χ1n) is 10.7. The number of benzene rings is 2. The number of hydrogen-bond acceptors (Lipinski definition) is 4. The monoisotopic (exact) mass is 410 g/mol. The van der Waals surface area contributed by atoms with Crippen molar-refractivity contribution in [3.8, 4) is 11.5 Å². The molecule has 162 valence electrons. The van der Waals surface area contributed by atoms with Gasteiger partial charge in [-0.05, 0) is 62.5 Å². The third kappa shape index (κ3) is 5.89. The van der Waals surface area contributed by atoms with Gasteiger partial charge in [-0.25, -0.2) is 0 Å². The lowest BCUT2D eigenvalue weighted by atomic mass is 10.0. The van der Waals surface area contributed by atoms with Crippen LogP contribution in [0, 0.1) is 6.92 Å². The maximum atomic E-state index is 6.16. The first kappa shape index (κ1) is 22.0. The molecule has 1 fully saturated rings. The molecule has 1 heterocycles. The molecule has 0 radical (unpaired) electrons. The van der Waals surface area contributed by atoms with E-state index in [0.29, 0.717) is 19.0 Å². The number of aliphatic imine (C=N–C) groups is 1. The van der Waals surface area contributed by atoms with Gasteiger partial charge in [0.15, 0.2) is 17.5 Å². The van der Waals surface area contributed by atoms with E-state index in [1.54, 1.807) is 14.2 Å². The molecule has 3 rings (SSSR count). The summed E-state index contributed by atoms with van der Waals surface area (Å²) < 4.78 is 10.7. The minimum atomic E-state index is 0.277. The van der Waals surface area contributed by atoms with Crippen LogP contribution in [-0.4, -0.2) is 51.3 Å². The van der Waals surface area contributed by atoms with Crippen LogP contribution < -0.4 is 20.5 Å². The average Bonchev–Trinajstić information content (AvgIpc) is 3.29. The second-order valence-electron chi connectivity index (χ2n) is 7.76. The third-order valence-corrected chi connectivity index (χ3v) is 5.65. The summed E-state index contributed by atoms with van der Waals surface area (Å²) in [6.45, 7) is 5.75. The van der Waals surface area contributed by atoms with Gasteiger partial charge in [0.1, 0.15) is 0 Å². The van der Waals surface area contributed by atoms with Crippen LogP contribution in [0.5, 0.6) is 11.5 Å². The number of methoxy groups -OCH3 is 2. The molecule has 1 aliphatic heterocycles. The Morgan fingerprint density at radius 3 is 2.43 bits per heavy atom. The number of nitrogens with zero attached hydrogens (tertiary/aromatic N) is 2. The molecule has 1 saturated heterocycles. The standard InChI is InChI=1S/C24H34N4O2/c1-18-6-9-20(10-7-18)21(28-14-4-5-15-28)17-27-24(25)26-13-12-19-8-11-22(29-2)23(16-19)30-3/h6-11,16,21H,4-5,12-15,17H2,1-3H3,(H3,25,26,27). The summed E-state index contributed by atoms with van der Waals surface area (Å²) in [4.78, 5) is 7.18. The quantitative estimate of drug-likeness (QED) is 0.490. The van der Waals surface area contributed by atoms with E-state index < -0.39 is 0 Å². The van der Waals surface area contributed by atoms with E-state index in [1.807, 2.05) is 18.2 Å². The zero-order valence-electron chi connectivity index (χ0n) is 18.4. The Morgan fingerprint density at radius 1 is 1.07 bits per heavy atom. The van der Waals surface area contributed by atoms with Crippen molar-refractivity contribution in [1.29, 1.82) is 0 Å². The summed E-state index contributed by atoms with van der Waals surface area (Å²) in [5.74, 6) is 1.97. The first-order chi connectivity index (χ1) is 14.6. The Bertz CT molecular complexity index is 830. The number of rotatable bonds is 9. The van der Waals surface area contributed by atoms with Crippen LogP contribution in [0.3, 0.4) is 0 Å². The van der Waals surface area contributed by atoms with Crippen molar-refractivity contribution in [3.63, 3.8) is 0 Å². The first-order valence-corrected chi connectivity index (χ1v) is 10.7. The smallest absolute Gasteiger partial charge is 0.188 e. The fourth-order valence-electron chi connectivity index (χ4n) is 3.89. The Balaban J connectivity index is 1.56. The molecule has 1 atom stereocenters. The molecule has 0 aromatic heterocycles. The molecule has 0 bridgehead atoms. The summed E-state index contributed by atoms with van der Waals surface area (Å²) in [6, 6.07) is 15.0. The van der Waals surface area contributed by atoms with E-state index in [4.69, 9.17) is 15.2 Å². The molecule has 3 N–H and O–H groups in total. The van der Waals surface area contributed by atoms with Gasteiger partial charge in [0.2, 0.25) is 0 Å². The Labute approximate surface area is 180 Å². The van der Waals surface area contributed by atoms with Crippen LogP contribution in [0.15, 0.2) is 47.5 Å². The SMILES string of the molecule is COc1ccc(CCNC(N)=NCC(c2ccc(C)cc2)N2CCCC2)cc1OC. The highest BCUT2D eigenvalue weighted by molar-refractivity contribution is 5.77. The lowest BCUT2D eigenvalue weighted by Gasteiger charge is -2.27. The molecule has 0 saturated carbocycles. The van der Waals surface area contributed by atoms with Crippen molar-refractivity contribution in [2.24, 2.45) is 10.7 Å². The summed E-state index contributed by atoms with van der Waals surface area (Å²) in [7, 11) is 3.29. The highest BCUT2D eigenvalue weighted by Crippen LogP contribution is 2.28. The molecule has 0 amide bonds. The summed E-state index contributed by atoms with van der Waals surface area (Å²) in [5, 5.41) is 3.24. The predicted octanol–water partition coefficient (Wildman–Crippen LogP) is 3.30. The zero-order chi connectivity index (χ0) is 21.3. The molecule has 6 nitrogen and oxygen atoms in total. The number of guanidine groups is 1. The molecular formula is C24H34N4O2. The summed E-state index contributed by atoms with van der Waals surface area (Å²) in [5.41, 5.74) is 9.91. The van der Waals surface area contributed by atoms with Crippen LogP contribution >= 0.6 is 0 Å². The maximum Gasteiger partial charge on any atom is 0.188 e. The van der Waals surface area contributed by atoms with Gasteiger partial charge in [0.05, 0.1) is 26.8 Å². The molecule has 1 aliphatic rings. The Hall–Kier alpha value is -2.73. The lowest BCUT2D eigenvalue weighted by molar-refractivity contribution is 0.251. The molecular weight excluding hydrogens is 376 g/mol. The van der Waals surface area contributed by atoms with Crippen LogP contribution in [0.2, 0.25) is 0 Å². The van der Waals surface area contributed by atoms with Crippen molar-refractivity contribution in [3.05, 3.63) is 59.2 Å². The predicted molar refractivity (Wildman–Crippen MR) is 122 cm³/mol. The zero-order valence-corrected chi connectivity index (χ0v) is 18.4. The van der Waals surface area contributed by atoms with Crippen LogP contribution in [0.4, 0.5) is 0 Å². The van der Waals surface area contributed by atoms with Crippen LogP contribution in [0.1, 0.15) is 35.6 Å². The molecule has 1 unspecified atom stereocenters. The van der Waals surface area contributed by atoms with E-state index in [0.717, 1.165) is 36.6 Å². The number of ether oxygens (including phenoxy) is 2. The molecule has 2 aromatic carbocycles. The minimum Gasteiger partial charge on any atom is -0.493 e. The van der Waals surface area contributed by atoms with Gasteiger partial charge < -0.3 is 20.5 Å². The van der Waals surface area contributed by atoms with Gasteiger partial charge in [0.25, 0.3) is 0 Å². The number of nitrogens with one attached hydrogen (secondary N) is 1. The molecule has 0 aliphatic carbocycles. The lowest BCUT2D eigenvalue weighted by Crippen LogP contribution is -2.35. The van der Waals surface area contributed by atoms with E-state index >= 15 is 0 Å². The van der Waals surface area contributed by atoms with Gasteiger partial charge in [-0.2, -0.15) is 0 Å². The minimum absolute atomic E-state index is 0.277. The maximum absolute atomic E-state index is 6.16. The molecule has 6 heteroatoms. The molecule has 2 aromatic rings. The number of hydrogen-bond donors (Lipinski definition) is 2. The third-order valence-electron chi connectivity index (χ3n) is 5.65. The van der Waals surface area contributed by atoms with Gasteiger partial charge >= 0.3 is 0 Å². The number of aryl methyl sites for hydroxylation is 1.